The first-order valence-electron chi connectivity index (χ1n) is 8.09. The quantitative estimate of drug-likeness (QED) is 0.550. The summed E-state index contributed by atoms with van der Waals surface area (Å²) in [6, 6.07) is 14.0. The van der Waals surface area contributed by atoms with Gasteiger partial charge in [-0.2, -0.15) is 21.6 Å². The van der Waals surface area contributed by atoms with Gasteiger partial charge in [-0.3, -0.25) is 0 Å². The molecule has 0 unspecified atom stereocenters. The number of benzene rings is 2. The van der Waals surface area contributed by atoms with Crippen LogP contribution in [0.3, 0.4) is 0 Å². The maximum Gasteiger partial charge on any atom is 0.534 e. The van der Waals surface area contributed by atoms with Crippen molar-refractivity contribution >= 4 is 21.5 Å². The van der Waals surface area contributed by atoms with Crippen LogP contribution in [0.1, 0.15) is 35.1 Å². The Balaban J connectivity index is 2.26. The Morgan fingerprint density at radius 2 is 1.54 bits per heavy atom. The molecule has 0 radical (unpaired) electrons. The van der Waals surface area contributed by atoms with Crippen molar-refractivity contribution in [3.8, 4) is 0 Å². The van der Waals surface area contributed by atoms with Crippen LogP contribution in [0.5, 0.6) is 0 Å². The Hall–Kier alpha value is -2.28. The average molecular weight is 382 g/mol. The van der Waals surface area contributed by atoms with Gasteiger partial charge in [0.1, 0.15) is 0 Å². The van der Waals surface area contributed by atoms with Crippen LogP contribution >= 0.6 is 0 Å². The number of hydrogen-bond donors (Lipinski definition) is 0. The Labute approximate surface area is 150 Å². The molecule has 1 aliphatic carbocycles. The maximum atomic E-state index is 12.9. The zero-order chi connectivity index (χ0) is 18.9. The summed E-state index contributed by atoms with van der Waals surface area (Å²) in [5.41, 5.74) is -2.33. The molecule has 0 bridgehead atoms. The minimum Gasteiger partial charge on any atom is -0.375 e. The first-order chi connectivity index (χ1) is 12.2. The average Bonchev–Trinajstić information content (AvgIpc) is 2.74. The molecule has 3 rings (SSSR count). The Bertz CT molecular complexity index is 960. The van der Waals surface area contributed by atoms with Gasteiger partial charge in [-0.15, -0.1) is 0 Å². The van der Waals surface area contributed by atoms with Gasteiger partial charge in [-0.25, -0.2) is 0 Å². The molecule has 0 N–H and O–H groups in total. The van der Waals surface area contributed by atoms with Crippen LogP contribution in [0.2, 0.25) is 0 Å². The molecule has 0 amide bonds. The minimum atomic E-state index is -5.77. The molecule has 0 spiro atoms. The van der Waals surface area contributed by atoms with Gasteiger partial charge in [-0.05, 0) is 42.9 Å². The molecule has 2 aromatic carbocycles. The Morgan fingerprint density at radius 3 is 2.19 bits per heavy atom. The highest BCUT2D eigenvalue weighted by Gasteiger charge is 2.49. The van der Waals surface area contributed by atoms with Crippen LogP contribution in [-0.4, -0.2) is 13.9 Å². The van der Waals surface area contributed by atoms with Gasteiger partial charge < -0.3 is 4.18 Å². The molecule has 0 saturated heterocycles. The third kappa shape index (κ3) is 3.49. The van der Waals surface area contributed by atoms with Crippen LogP contribution in [0, 0.1) is 6.92 Å². The van der Waals surface area contributed by atoms with E-state index in [4.69, 9.17) is 4.18 Å². The number of rotatable bonds is 3. The summed E-state index contributed by atoms with van der Waals surface area (Å²) in [4.78, 5) is 0. The third-order valence-corrected chi connectivity index (χ3v) is 5.31. The first kappa shape index (κ1) is 18.5. The lowest BCUT2D eigenvalue weighted by atomic mass is 9.95. The van der Waals surface area contributed by atoms with Crippen molar-refractivity contribution < 1.29 is 25.8 Å². The molecule has 0 aromatic heterocycles. The fourth-order valence-corrected chi connectivity index (χ4v) is 3.62. The minimum absolute atomic E-state index is 0.232. The number of aryl methyl sites for hydroxylation is 2. The molecule has 0 aliphatic heterocycles. The van der Waals surface area contributed by atoms with E-state index in [1.54, 1.807) is 36.4 Å². The largest absolute Gasteiger partial charge is 0.534 e. The predicted molar refractivity (Wildman–Crippen MR) is 93.4 cm³/mol. The monoisotopic (exact) mass is 382 g/mol. The molecule has 7 heteroatoms. The van der Waals surface area contributed by atoms with Crippen LogP contribution in [0.15, 0.2) is 48.5 Å². The van der Waals surface area contributed by atoms with Crippen LogP contribution in [0.4, 0.5) is 13.2 Å². The SMILES string of the molecule is Cc1ccccc1C1=C(OS(=O)(=O)C(F)(F)F)c2ccccc2CCC1. The second-order valence-corrected chi connectivity index (χ2v) is 7.65. The van der Waals surface area contributed by atoms with Gasteiger partial charge in [0, 0.05) is 11.1 Å². The zero-order valence-corrected chi connectivity index (χ0v) is 14.8. The first-order valence-corrected chi connectivity index (χ1v) is 9.50. The highest BCUT2D eigenvalue weighted by Crippen LogP contribution is 2.40. The van der Waals surface area contributed by atoms with Gasteiger partial charge in [0.2, 0.25) is 0 Å². The lowest BCUT2D eigenvalue weighted by molar-refractivity contribution is -0.0509. The Morgan fingerprint density at radius 1 is 0.923 bits per heavy atom. The van der Waals surface area contributed by atoms with Crippen molar-refractivity contribution in [1.29, 1.82) is 0 Å². The van der Waals surface area contributed by atoms with E-state index in [1.807, 2.05) is 19.1 Å². The lowest BCUT2D eigenvalue weighted by Gasteiger charge is -2.18. The topological polar surface area (TPSA) is 43.4 Å². The highest BCUT2D eigenvalue weighted by atomic mass is 32.2. The van der Waals surface area contributed by atoms with E-state index in [9.17, 15) is 21.6 Å². The van der Waals surface area contributed by atoms with Gasteiger partial charge in [0.15, 0.2) is 5.76 Å². The van der Waals surface area contributed by atoms with Gasteiger partial charge in [0.25, 0.3) is 0 Å². The van der Waals surface area contributed by atoms with Gasteiger partial charge >= 0.3 is 15.6 Å². The molecule has 2 aromatic rings. The zero-order valence-electron chi connectivity index (χ0n) is 14.0. The lowest BCUT2D eigenvalue weighted by Crippen LogP contribution is -2.25. The van der Waals surface area contributed by atoms with E-state index in [2.05, 4.69) is 0 Å². The van der Waals surface area contributed by atoms with E-state index in [0.717, 1.165) is 11.1 Å². The highest BCUT2D eigenvalue weighted by molar-refractivity contribution is 7.87. The van der Waals surface area contributed by atoms with E-state index in [0.29, 0.717) is 36.0 Å². The van der Waals surface area contributed by atoms with Crippen LogP contribution < -0.4 is 0 Å². The van der Waals surface area contributed by atoms with Crippen molar-refractivity contribution in [3.63, 3.8) is 0 Å². The van der Waals surface area contributed by atoms with Crippen molar-refractivity contribution in [2.75, 3.05) is 0 Å². The molecule has 138 valence electrons. The molecule has 0 atom stereocenters. The summed E-state index contributed by atoms with van der Waals surface area (Å²) in [6.45, 7) is 1.83. The number of halogens is 3. The van der Waals surface area contributed by atoms with Crippen molar-refractivity contribution in [3.05, 3.63) is 70.8 Å². The number of hydrogen-bond acceptors (Lipinski definition) is 3. The predicted octanol–water partition coefficient (Wildman–Crippen LogP) is 5.07. The standard InChI is InChI=1S/C19H17F3O3S/c1-13-7-2-4-10-15(13)17-12-6-9-14-8-3-5-11-16(14)18(17)25-26(23,24)19(20,21)22/h2-5,7-8,10-11H,6,9,12H2,1H3. The van der Waals surface area contributed by atoms with Crippen molar-refractivity contribution in [2.45, 2.75) is 31.7 Å². The van der Waals surface area contributed by atoms with E-state index in [-0.39, 0.29) is 5.76 Å². The summed E-state index contributed by atoms with van der Waals surface area (Å²) < 4.78 is 67.0. The smallest absolute Gasteiger partial charge is 0.375 e. The van der Waals surface area contributed by atoms with Crippen molar-refractivity contribution in [1.82, 2.24) is 0 Å². The van der Waals surface area contributed by atoms with E-state index >= 15 is 0 Å². The summed E-state index contributed by atoms with van der Waals surface area (Å²) in [7, 11) is -5.77. The molecule has 0 fully saturated rings. The van der Waals surface area contributed by atoms with Crippen LogP contribution in [-0.2, 0) is 20.7 Å². The fraction of sp³-hybridized carbons (Fsp3) is 0.263. The molecule has 1 aliphatic rings. The molecule has 26 heavy (non-hydrogen) atoms. The molecule has 0 heterocycles. The molecular formula is C19H17F3O3S. The normalized spacial score (nSPS) is 15.4. The summed E-state index contributed by atoms with van der Waals surface area (Å²) in [6.07, 6.45) is 1.73. The fourth-order valence-electron chi connectivity index (χ4n) is 3.11. The molecule has 0 saturated carbocycles. The summed E-state index contributed by atoms with van der Waals surface area (Å²) >= 11 is 0. The maximum absolute atomic E-state index is 12.9. The second-order valence-electron chi connectivity index (χ2n) is 6.12. The number of allylic oxidation sites excluding steroid dienone is 1. The Kier molecular flexibility index (Phi) is 4.84. The van der Waals surface area contributed by atoms with Gasteiger partial charge in [-0.1, -0.05) is 48.5 Å². The van der Waals surface area contributed by atoms with Crippen molar-refractivity contribution in [2.24, 2.45) is 0 Å². The van der Waals surface area contributed by atoms with E-state index < -0.39 is 15.6 Å². The summed E-state index contributed by atoms with van der Waals surface area (Å²) in [5.74, 6) is -0.232. The van der Waals surface area contributed by atoms with E-state index in [1.165, 1.54) is 0 Å². The second kappa shape index (κ2) is 6.79. The van der Waals surface area contributed by atoms with Crippen LogP contribution in [0.25, 0.3) is 11.3 Å². The van der Waals surface area contributed by atoms with Gasteiger partial charge in [0.05, 0.1) is 0 Å². The molecular weight excluding hydrogens is 365 g/mol. The summed E-state index contributed by atoms with van der Waals surface area (Å²) in [5, 5.41) is 0. The number of fused-ring (bicyclic) bond motifs is 1. The number of alkyl halides is 3. The molecule has 3 nitrogen and oxygen atoms in total. The third-order valence-electron chi connectivity index (χ3n) is 4.36.